The molecule has 0 unspecified atom stereocenters. The second-order valence-electron chi connectivity index (χ2n) is 2.97. The maximum Gasteiger partial charge on any atom is 0.212 e. The van der Waals surface area contributed by atoms with Crippen molar-refractivity contribution >= 4 is 56.0 Å². The van der Waals surface area contributed by atoms with Crippen LogP contribution in [0.3, 0.4) is 0 Å². The maximum absolute atomic E-state index is 12.0. The van der Waals surface area contributed by atoms with Crippen LogP contribution in [-0.4, -0.2) is 5.78 Å². The third-order valence-corrected chi connectivity index (χ3v) is 5.31. The molecule has 2 rings (SSSR count). The van der Waals surface area contributed by atoms with Gasteiger partial charge in [-0.3, -0.25) is 4.79 Å². The highest BCUT2D eigenvalue weighted by Gasteiger charge is 2.15. The van der Waals surface area contributed by atoms with Crippen molar-refractivity contribution in [1.29, 1.82) is 0 Å². The zero-order chi connectivity index (χ0) is 11.0. The van der Waals surface area contributed by atoms with Gasteiger partial charge in [-0.2, -0.15) is 0 Å². The van der Waals surface area contributed by atoms with Crippen LogP contribution in [0.15, 0.2) is 22.7 Å². The summed E-state index contributed by atoms with van der Waals surface area (Å²) in [6.45, 7) is 1.98. The zero-order valence-electron chi connectivity index (χ0n) is 7.71. The molecule has 0 aliphatic carbocycles. The normalized spacial score (nSPS) is 10.6. The van der Waals surface area contributed by atoms with Gasteiger partial charge in [0.05, 0.1) is 9.75 Å². The summed E-state index contributed by atoms with van der Waals surface area (Å²) in [5.74, 6) is 0.0469. The van der Waals surface area contributed by atoms with Crippen LogP contribution in [0.4, 0.5) is 0 Å². The van der Waals surface area contributed by atoms with E-state index in [1.54, 1.807) is 6.07 Å². The Labute approximate surface area is 109 Å². The molecule has 0 bridgehead atoms. The van der Waals surface area contributed by atoms with Gasteiger partial charge < -0.3 is 0 Å². The molecule has 78 valence electrons. The lowest BCUT2D eigenvalue weighted by Crippen LogP contribution is -1.93. The Morgan fingerprint density at radius 2 is 2.07 bits per heavy atom. The predicted molar refractivity (Wildman–Crippen MR) is 69.5 cm³/mol. The number of hydrogen-bond donors (Lipinski definition) is 0. The van der Waals surface area contributed by atoms with Crippen molar-refractivity contribution in [2.24, 2.45) is 0 Å². The molecule has 0 aliphatic rings. The van der Waals surface area contributed by atoms with Crippen LogP contribution >= 0.6 is 50.2 Å². The van der Waals surface area contributed by atoms with E-state index in [-0.39, 0.29) is 5.78 Å². The Balaban J connectivity index is 2.36. The Morgan fingerprint density at radius 3 is 2.53 bits per heavy atom. The number of ketones is 1. The Bertz CT molecular complexity index is 496. The van der Waals surface area contributed by atoms with Crippen LogP contribution in [0.25, 0.3) is 0 Å². The molecule has 0 spiro atoms. The first kappa shape index (κ1) is 11.3. The molecule has 0 fully saturated rings. The molecule has 1 nitrogen and oxygen atoms in total. The Kier molecular flexibility index (Phi) is 3.30. The van der Waals surface area contributed by atoms with E-state index in [9.17, 15) is 4.79 Å². The van der Waals surface area contributed by atoms with Gasteiger partial charge in [0.25, 0.3) is 0 Å². The molecule has 0 aromatic carbocycles. The minimum Gasteiger partial charge on any atom is -0.287 e. The van der Waals surface area contributed by atoms with Gasteiger partial charge in [0, 0.05) is 9.35 Å². The molecule has 0 N–H and O–H groups in total. The molecule has 5 heteroatoms. The highest BCUT2D eigenvalue weighted by atomic mass is 79.9. The van der Waals surface area contributed by atoms with Gasteiger partial charge in [0.1, 0.15) is 4.34 Å². The second kappa shape index (κ2) is 4.37. The van der Waals surface area contributed by atoms with Gasteiger partial charge in [0.2, 0.25) is 5.78 Å². The lowest BCUT2D eigenvalue weighted by Gasteiger charge is -1.90. The molecule has 0 radical (unpaired) electrons. The van der Waals surface area contributed by atoms with Crippen molar-refractivity contribution in [2.75, 3.05) is 0 Å². The lowest BCUT2D eigenvalue weighted by atomic mass is 10.3. The van der Waals surface area contributed by atoms with E-state index in [0.717, 1.165) is 14.2 Å². The quantitative estimate of drug-likeness (QED) is 0.729. The molecule has 15 heavy (non-hydrogen) atoms. The number of halogens is 2. The largest absolute Gasteiger partial charge is 0.287 e. The summed E-state index contributed by atoms with van der Waals surface area (Å²) in [4.78, 5) is 14.5. The van der Waals surface area contributed by atoms with E-state index in [4.69, 9.17) is 11.6 Å². The number of carbonyl (C=O) groups excluding carboxylic acids is 1. The van der Waals surface area contributed by atoms with Crippen molar-refractivity contribution in [3.05, 3.63) is 41.6 Å². The van der Waals surface area contributed by atoms with Crippen molar-refractivity contribution in [3.63, 3.8) is 0 Å². The number of carbonyl (C=O) groups is 1. The van der Waals surface area contributed by atoms with Crippen LogP contribution in [0.5, 0.6) is 0 Å². The van der Waals surface area contributed by atoms with Gasteiger partial charge in [-0.05, 0) is 41.1 Å². The van der Waals surface area contributed by atoms with Crippen LogP contribution in [0.1, 0.15) is 19.4 Å². The summed E-state index contributed by atoms with van der Waals surface area (Å²) in [7, 11) is 0. The van der Waals surface area contributed by atoms with Crippen LogP contribution in [0, 0.1) is 6.92 Å². The van der Waals surface area contributed by atoms with Gasteiger partial charge in [0.15, 0.2) is 0 Å². The van der Waals surface area contributed by atoms with E-state index in [1.807, 2.05) is 19.1 Å². The molecule has 2 aromatic heterocycles. The summed E-state index contributed by atoms with van der Waals surface area (Å²) >= 11 is 12.0. The zero-order valence-corrected chi connectivity index (χ0v) is 11.7. The fraction of sp³-hybridized carbons (Fsp3) is 0.100. The average Bonchev–Trinajstić information content (AvgIpc) is 2.74. The monoisotopic (exact) mass is 320 g/mol. The van der Waals surface area contributed by atoms with Crippen molar-refractivity contribution in [2.45, 2.75) is 6.92 Å². The van der Waals surface area contributed by atoms with Crippen molar-refractivity contribution in [1.82, 2.24) is 0 Å². The Hall–Kier alpha value is -0.160. The summed E-state index contributed by atoms with van der Waals surface area (Å²) in [6.07, 6.45) is 0. The molecule has 0 amide bonds. The first-order valence-electron chi connectivity index (χ1n) is 4.14. The minimum absolute atomic E-state index is 0.0469. The predicted octanol–water partition coefficient (Wildman–Crippen LogP) is 4.76. The molecule has 0 saturated heterocycles. The van der Waals surface area contributed by atoms with Crippen LogP contribution in [0.2, 0.25) is 4.34 Å². The van der Waals surface area contributed by atoms with E-state index < -0.39 is 0 Å². The van der Waals surface area contributed by atoms with Gasteiger partial charge in [-0.15, -0.1) is 22.7 Å². The van der Waals surface area contributed by atoms with E-state index >= 15 is 0 Å². The van der Waals surface area contributed by atoms with Crippen LogP contribution in [-0.2, 0) is 0 Å². The number of rotatable bonds is 2. The molecular formula is C10H6BrClOS2. The molecule has 0 atom stereocenters. The molecular weight excluding hydrogens is 316 g/mol. The minimum atomic E-state index is 0.0469. The molecule has 2 aromatic rings. The molecule has 0 saturated carbocycles. The van der Waals surface area contributed by atoms with Crippen LogP contribution < -0.4 is 0 Å². The van der Waals surface area contributed by atoms with Gasteiger partial charge >= 0.3 is 0 Å². The van der Waals surface area contributed by atoms with Gasteiger partial charge in [-0.1, -0.05) is 11.6 Å². The maximum atomic E-state index is 12.0. The van der Waals surface area contributed by atoms with E-state index in [0.29, 0.717) is 9.21 Å². The third-order valence-electron chi connectivity index (χ3n) is 1.83. The van der Waals surface area contributed by atoms with Gasteiger partial charge in [-0.25, -0.2) is 0 Å². The summed E-state index contributed by atoms with van der Waals surface area (Å²) < 4.78 is 1.40. The van der Waals surface area contributed by atoms with E-state index in [2.05, 4.69) is 15.9 Å². The second-order valence-corrected chi connectivity index (χ2v) is 6.77. The topological polar surface area (TPSA) is 17.1 Å². The molecule has 0 aliphatic heterocycles. The summed E-state index contributed by atoms with van der Waals surface area (Å²) in [6, 6.07) is 5.57. The van der Waals surface area contributed by atoms with Crippen molar-refractivity contribution in [3.8, 4) is 0 Å². The third kappa shape index (κ3) is 2.33. The fourth-order valence-electron chi connectivity index (χ4n) is 1.14. The average molecular weight is 322 g/mol. The summed E-state index contributed by atoms with van der Waals surface area (Å²) in [5.41, 5.74) is 0. The standard InChI is InChI=1S/C10H6BrClOS2/c1-5-2-3-7(14-5)9(13)8-4-6(11)10(12)15-8/h2-4H,1H3. The Morgan fingerprint density at radius 1 is 1.33 bits per heavy atom. The smallest absolute Gasteiger partial charge is 0.212 e. The molecule has 2 heterocycles. The first-order chi connectivity index (χ1) is 7.08. The number of hydrogen-bond acceptors (Lipinski definition) is 3. The van der Waals surface area contributed by atoms with E-state index in [1.165, 1.54) is 22.7 Å². The summed E-state index contributed by atoms with van der Waals surface area (Å²) in [5, 5.41) is 0. The highest BCUT2D eigenvalue weighted by Crippen LogP contribution is 2.33. The van der Waals surface area contributed by atoms with Crippen molar-refractivity contribution < 1.29 is 4.79 Å². The fourth-order valence-corrected chi connectivity index (χ4v) is 3.68. The SMILES string of the molecule is Cc1ccc(C(=O)c2cc(Br)c(Cl)s2)s1. The first-order valence-corrected chi connectivity index (χ1v) is 6.94. The number of thiophene rings is 2. The number of aryl methyl sites for hydroxylation is 1. The lowest BCUT2D eigenvalue weighted by molar-refractivity contribution is 0.104. The highest BCUT2D eigenvalue weighted by molar-refractivity contribution is 9.10.